The lowest BCUT2D eigenvalue weighted by molar-refractivity contribution is -0.147. The average Bonchev–Trinajstić information content (AvgIpc) is 2.36. The number of likely N-dealkylation sites (N-methyl/N-ethyl adjacent to an activating group) is 1. The Morgan fingerprint density at radius 3 is 2.17 bits per heavy atom. The van der Waals surface area contributed by atoms with Gasteiger partial charge in [0.25, 0.3) is 5.91 Å². The fraction of sp³-hybridized carbons (Fsp3) is 0.308. The van der Waals surface area contributed by atoms with Gasteiger partial charge in [-0.1, -0.05) is 0 Å². The molecule has 1 rings (SSSR count). The highest BCUT2D eigenvalue weighted by molar-refractivity contribution is 5.97. The molecular formula is C13H14N2O3. The SMILES string of the molecule is CN(C(=O)c1ccc(C#N)cc1)C(C)(C)C(=O)O. The lowest BCUT2D eigenvalue weighted by Gasteiger charge is -2.31. The van der Waals surface area contributed by atoms with Crippen molar-refractivity contribution in [3.63, 3.8) is 0 Å². The number of amides is 1. The van der Waals surface area contributed by atoms with Crippen LogP contribution in [0.15, 0.2) is 24.3 Å². The summed E-state index contributed by atoms with van der Waals surface area (Å²) in [7, 11) is 1.44. The molecule has 0 aliphatic heterocycles. The quantitative estimate of drug-likeness (QED) is 0.876. The third-order valence-electron chi connectivity index (χ3n) is 2.93. The van der Waals surface area contributed by atoms with E-state index in [2.05, 4.69) is 0 Å². The molecule has 0 fully saturated rings. The number of nitriles is 1. The highest BCUT2D eigenvalue weighted by Gasteiger charge is 2.35. The third-order valence-corrected chi connectivity index (χ3v) is 2.93. The van der Waals surface area contributed by atoms with E-state index in [0.29, 0.717) is 11.1 Å². The molecule has 0 bridgehead atoms. The Labute approximate surface area is 105 Å². The van der Waals surface area contributed by atoms with Crippen LogP contribution in [0.1, 0.15) is 29.8 Å². The van der Waals surface area contributed by atoms with Crippen molar-refractivity contribution in [1.82, 2.24) is 4.90 Å². The van der Waals surface area contributed by atoms with E-state index >= 15 is 0 Å². The summed E-state index contributed by atoms with van der Waals surface area (Å²) in [6, 6.07) is 8.02. The maximum Gasteiger partial charge on any atom is 0.329 e. The lowest BCUT2D eigenvalue weighted by Crippen LogP contribution is -2.50. The van der Waals surface area contributed by atoms with Crippen LogP contribution in [0.3, 0.4) is 0 Å². The Bertz CT molecular complexity index is 512. The Hall–Kier alpha value is -2.35. The molecule has 1 aromatic rings. The van der Waals surface area contributed by atoms with E-state index in [1.807, 2.05) is 6.07 Å². The second-order valence-corrected chi connectivity index (χ2v) is 4.42. The van der Waals surface area contributed by atoms with Crippen molar-refractivity contribution in [3.05, 3.63) is 35.4 Å². The monoisotopic (exact) mass is 246 g/mol. The summed E-state index contributed by atoms with van der Waals surface area (Å²) in [6.07, 6.45) is 0. The summed E-state index contributed by atoms with van der Waals surface area (Å²) in [5.74, 6) is -1.47. The van der Waals surface area contributed by atoms with Crippen LogP contribution in [-0.2, 0) is 4.79 Å². The van der Waals surface area contributed by atoms with Gasteiger partial charge in [0.15, 0.2) is 0 Å². The fourth-order valence-electron chi connectivity index (χ4n) is 1.28. The van der Waals surface area contributed by atoms with Crippen molar-refractivity contribution >= 4 is 11.9 Å². The van der Waals surface area contributed by atoms with Crippen molar-refractivity contribution in [2.75, 3.05) is 7.05 Å². The topological polar surface area (TPSA) is 81.4 Å². The van der Waals surface area contributed by atoms with Crippen molar-refractivity contribution < 1.29 is 14.7 Å². The molecule has 0 saturated carbocycles. The van der Waals surface area contributed by atoms with Crippen LogP contribution in [-0.4, -0.2) is 34.5 Å². The molecule has 1 amide bonds. The lowest BCUT2D eigenvalue weighted by atomic mass is 10.0. The summed E-state index contributed by atoms with van der Waals surface area (Å²) in [4.78, 5) is 24.3. The summed E-state index contributed by atoms with van der Waals surface area (Å²) < 4.78 is 0. The van der Waals surface area contributed by atoms with Crippen LogP contribution < -0.4 is 0 Å². The van der Waals surface area contributed by atoms with E-state index in [4.69, 9.17) is 10.4 Å². The summed E-state index contributed by atoms with van der Waals surface area (Å²) >= 11 is 0. The van der Waals surface area contributed by atoms with Gasteiger partial charge in [-0.2, -0.15) is 5.26 Å². The van der Waals surface area contributed by atoms with Crippen molar-refractivity contribution in [1.29, 1.82) is 5.26 Å². The van der Waals surface area contributed by atoms with Gasteiger partial charge in [-0.15, -0.1) is 0 Å². The zero-order valence-corrected chi connectivity index (χ0v) is 10.5. The third kappa shape index (κ3) is 2.48. The Balaban J connectivity index is 3.00. The van der Waals surface area contributed by atoms with E-state index < -0.39 is 17.4 Å². The maximum absolute atomic E-state index is 12.1. The number of hydrogen-bond donors (Lipinski definition) is 1. The fourth-order valence-corrected chi connectivity index (χ4v) is 1.28. The molecule has 0 heterocycles. The van der Waals surface area contributed by atoms with Gasteiger partial charge in [-0.25, -0.2) is 4.79 Å². The van der Waals surface area contributed by atoms with Crippen LogP contribution >= 0.6 is 0 Å². The maximum atomic E-state index is 12.1. The molecule has 1 aromatic carbocycles. The van der Waals surface area contributed by atoms with Gasteiger partial charge in [-0.05, 0) is 38.1 Å². The standard InChI is InChI=1S/C13H14N2O3/c1-13(2,12(17)18)15(3)11(16)10-6-4-9(8-14)5-7-10/h4-7H,1-3H3,(H,17,18). The minimum absolute atomic E-state index is 0.353. The van der Waals surface area contributed by atoms with E-state index in [1.54, 1.807) is 0 Å². The number of carbonyl (C=O) groups excluding carboxylic acids is 1. The first kappa shape index (κ1) is 13.7. The molecule has 0 aromatic heterocycles. The minimum Gasteiger partial charge on any atom is -0.480 e. The molecule has 0 radical (unpaired) electrons. The summed E-state index contributed by atoms with van der Waals surface area (Å²) in [6.45, 7) is 2.91. The number of aliphatic carboxylic acids is 1. The van der Waals surface area contributed by atoms with Gasteiger partial charge in [0, 0.05) is 12.6 Å². The molecule has 0 atom stereocenters. The zero-order chi connectivity index (χ0) is 13.9. The normalized spacial score (nSPS) is 10.6. The average molecular weight is 246 g/mol. The van der Waals surface area contributed by atoms with Gasteiger partial charge in [0.1, 0.15) is 5.54 Å². The minimum atomic E-state index is -1.29. The second kappa shape index (κ2) is 4.88. The number of benzene rings is 1. The molecule has 18 heavy (non-hydrogen) atoms. The molecule has 0 unspecified atom stereocenters. The molecule has 5 nitrogen and oxygen atoms in total. The number of hydrogen-bond acceptors (Lipinski definition) is 3. The van der Waals surface area contributed by atoms with Gasteiger partial charge < -0.3 is 10.0 Å². The summed E-state index contributed by atoms with van der Waals surface area (Å²) in [5, 5.41) is 17.7. The van der Waals surface area contributed by atoms with Crippen molar-refractivity contribution in [2.45, 2.75) is 19.4 Å². The predicted octanol–water partition coefficient (Wildman–Crippen LogP) is 1.49. The Kier molecular flexibility index (Phi) is 3.72. The Morgan fingerprint density at radius 1 is 1.28 bits per heavy atom. The van der Waals surface area contributed by atoms with Crippen LogP contribution in [0.25, 0.3) is 0 Å². The van der Waals surface area contributed by atoms with Crippen molar-refractivity contribution in [3.8, 4) is 6.07 Å². The number of nitrogens with zero attached hydrogens (tertiary/aromatic N) is 2. The smallest absolute Gasteiger partial charge is 0.329 e. The van der Waals surface area contributed by atoms with E-state index in [0.717, 1.165) is 4.90 Å². The van der Waals surface area contributed by atoms with E-state index in [9.17, 15) is 9.59 Å². The number of carbonyl (C=O) groups is 2. The van der Waals surface area contributed by atoms with Gasteiger partial charge in [0.2, 0.25) is 0 Å². The first-order chi connectivity index (χ1) is 8.30. The number of carboxylic acid groups (broad SMARTS) is 1. The molecule has 0 saturated heterocycles. The highest BCUT2D eigenvalue weighted by atomic mass is 16.4. The van der Waals surface area contributed by atoms with Gasteiger partial charge in [-0.3, -0.25) is 4.79 Å². The molecule has 5 heteroatoms. The predicted molar refractivity (Wildman–Crippen MR) is 65.0 cm³/mol. The zero-order valence-electron chi connectivity index (χ0n) is 10.5. The van der Waals surface area contributed by atoms with E-state index in [1.165, 1.54) is 45.2 Å². The number of rotatable bonds is 3. The highest BCUT2D eigenvalue weighted by Crippen LogP contribution is 2.16. The van der Waals surface area contributed by atoms with Crippen LogP contribution in [0.2, 0.25) is 0 Å². The first-order valence-electron chi connectivity index (χ1n) is 5.32. The van der Waals surface area contributed by atoms with Gasteiger partial charge >= 0.3 is 5.97 Å². The molecule has 94 valence electrons. The van der Waals surface area contributed by atoms with Crippen molar-refractivity contribution in [2.24, 2.45) is 0 Å². The first-order valence-corrected chi connectivity index (χ1v) is 5.32. The van der Waals surface area contributed by atoms with Crippen LogP contribution in [0.4, 0.5) is 0 Å². The molecule has 0 aliphatic carbocycles. The Morgan fingerprint density at radius 2 is 1.78 bits per heavy atom. The van der Waals surface area contributed by atoms with E-state index in [-0.39, 0.29) is 0 Å². The number of carboxylic acids is 1. The van der Waals surface area contributed by atoms with Crippen LogP contribution in [0.5, 0.6) is 0 Å². The molecular weight excluding hydrogens is 232 g/mol. The van der Waals surface area contributed by atoms with Gasteiger partial charge in [0.05, 0.1) is 11.6 Å². The molecule has 1 N–H and O–H groups in total. The largest absolute Gasteiger partial charge is 0.480 e. The molecule has 0 spiro atoms. The molecule has 0 aliphatic rings. The second-order valence-electron chi connectivity index (χ2n) is 4.42. The summed E-state index contributed by atoms with van der Waals surface area (Å²) in [5.41, 5.74) is -0.483. The van der Waals surface area contributed by atoms with Crippen LogP contribution in [0, 0.1) is 11.3 Å².